The molecule has 1 saturated heterocycles. The van der Waals surface area contributed by atoms with Crippen LogP contribution in [0.15, 0.2) is 0 Å². The lowest BCUT2D eigenvalue weighted by Gasteiger charge is -2.36. The number of rotatable bonds is 2. The van der Waals surface area contributed by atoms with E-state index in [0.717, 1.165) is 0 Å². The van der Waals surface area contributed by atoms with Crippen molar-refractivity contribution < 1.29 is 24.1 Å². The van der Waals surface area contributed by atoms with Gasteiger partial charge in [0.15, 0.2) is 6.29 Å². The second kappa shape index (κ2) is 4.72. The van der Waals surface area contributed by atoms with Crippen molar-refractivity contribution >= 4 is 5.97 Å². The van der Waals surface area contributed by atoms with Crippen LogP contribution in [0.4, 0.5) is 0 Å². The van der Waals surface area contributed by atoms with E-state index in [2.05, 4.69) is 0 Å². The van der Waals surface area contributed by atoms with Gasteiger partial charge in [-0.25, -0.2) is 0 Å². The zero-order valence-electron chi connectivity index (χ0n) is 8.60. The number of carbonyl (C=O) groups excluding carboxylic acids is 1. The van der Waals surface area contributed by atoms with Crippen LogP contribution < -0.4 is 0 Å². The van der Waals surface area contributed by atoms with E-state index in [9.17, 15) is 9.90 Å². The molecule has 0 saturated carbocycles. The molecule has 0 radical (unpaired) electrons. The van der Waals surface area contributed by atoms with Crippen molar-refractivity contribution in [3.05, 3.63) is 0 Å². The number of esters is 1. The number of aliphatic hydroxyl groups excluding tert-OH is 1. The Kier molecular flexibility index (Phi) is 3.86. The summed E-state index contributed by atoms with van der Waals surface area (Å²) in [4.78, 5) is 10.8. The molecule has 0 amide bonds. The Hall–Kier alpha value is -0.650. The fourth-order valence-corrected chi connectivity index (χ4v) is 1.50. The highest BCUT2D eigenvalue weighted by Gasteiger charge is 2.36. The fourth-order valence-electron chi connectivity index (χ4n) is 1.50. The number of methoxy groups -OCH3 is 1. The number of aliphatic hydroxyl groups is 1. The summed E-state index contributed by atoms with van der Waals surface area (Å²) in [5.41, 5.74) is 0. The highest BCUT2D eigenvalue weighted by atomic mass is 16.7. The minimum absolute atomic E-state index is 0.305. The molecule has 0 aliphatic carbocycles. The monoisotopic (exact) mass is 204 g/mol. The van der Waals surface area contributed by atoms with E-state index in [4.69, 9.17) is 14.2 Å². The van der Waals surface area contributed by atoms with Crippen molar-refractivity contribution in [1.29, 1.82) is 0 Å². The molecule has 0 aromatic carbocycles. The van der Waals surface area contributed by atoms with E-state index in [1.165, 1.54) is 14.0 Å². The van der Waals surface area contributed by atoms with Crippen molar-refractivity contribution in [2.45, 2.75) is 44.9 Å². The maximum Gasteiger partial charge on any atom is 0.302 e. The molecule has 0 aromatic rings. The smallest absolute Gasteiger partial charge is 0.302 e. The molecule has 0 aromatic heterocycles. The molecule has 14 heavy (non-hydrogen) atoms. The van der Waals surface area contributed by atoms with Crippen molar-refractivity contribution in [3.8, 4) is 0 Å². The molecular formula is C9H16O5. The number of hydrogen-bond donors (Lipinski definition) is 1. The van der Waals surface area contributed by atoms with Crippen LogP contribution in [0.25, 0.3) is 0 Å². The van der Waals surface area contributed by atoms with Crippen LogP contribution in [0.1, 0.15) is 20.3 Å². The number of hydrogen-bond acceptors (Lipinski definition) is 5. The maximum atomic E-state index is 10.8. The van der Waals surface area contributed by atoms with Crippen LogP contribution >= 0.6 is 0 Å². The van der Waals surface area contributed by atoms with E-state index in [0.29, 0.717) is 6.42 Å². The first-order valence-electron chi connectivity index (χ1n) is 4.58. The molecule has 1 aliphatic heterocycles. The van der Waals surface area contributed by atoms with Crippen molar-refractivity contribution in [1.82, 2.24) is 0 Å². The van der Waals surface area contributed by atoms with Gasteiger partial charge in [0, 0.05) is 20.5 Å². The predicted octanol–water partition coefficient (Wildman–Crippen LogP) is 0.0603. The Balaban J connectivity index is 2.55. The first kappa shape index (κ1) is 11.4. The van der Waals surface area contributed by atoms with Gasteiger partial charge in [0.1, 0.15) is 12.2 Å². The van der Waals surface area contributed by atoms with Gasteiger partial charge < -0.3 is 19.3 Å². The molecule has 1 N–H and O–H groups in total. The van der Waals surface area contributed by atoms with Crippen LogP contribution in [-0.2, 0) is 19.0 Å². The minimum atomic E-state index is -0.943. The summed E-state index contributed by atoms with van der Waals surface area (Å²) < 4.78 is 15.2. The molecule has 1 rings (SSSR count). The average molecular weight is 204 g/mol. The quantitative estimate of drug-likeness (QED) is 0.644. The third kappa shape index (κ3) is 2.67. The van der Waals surface area contributed by atoms with E-state index in [-0.39, 0.29) is 18.2 Å². The third-order valence-corrected chi connectivity index (χ3v) is 2.28. The minimum Gasteiger partial charge on any atom is -0.460 e. The highest BCUT2D eigenvalue weighted by Crippen LogP contribution is 2.23. The van der Waals surface area contributed by atoms with Crippen LogP contribution in [0, 0.1) is 0 Å². The Labute approximate surface area is 82.9 Å². The summed E-state index contributed by atoms with van der Waals surface area (Å²) in [5.74, 6) is -0.350. The molecule has 1 fully saturated rings. The summed E-state index contributed by atoms with van der Waals surface area (Å²) in [5, 5.41) is 9.40. The van der Waals surface area contributed by atoms with Crippen molar-refractivity contribution in [2.24, 2.45) is 0 Å². The first-order valence-corrected chi connectivity index (χ1v) is 4.58. The van der Waals surface area contributed by atoms with Gasteiger partial charge in [0.05, 0.1) is 6.10 Å². The summed E-state index contributed by atoms with van der Waals surface area (Å²) in [6.45, 7) is 3.10. The van der Waals surface area contributed by atoms with Gasteiger partial charge in [-0.05, 0) is 6.92 Å². The van der Waals surface area contributed by atoms with Gasteiger partial charge >= 0.3 is 5.97 Å². The Morgan fingerprint density at radius 1 is 1.50 bits per heavy atom. The maximum absolute atomic E-state index is 10.8. The molecule has 5 nitrogen and oxygen atoms in total. The zero-order valence-corrected chi connectivity index (χ0v) is 8.60. The standard InChI is InChI=1S/C9H16O5/c1-5-7(14-6(2)10)4-8(12-3)9(11)13-5/h5,7-9,11H,4H2,1-3H3/t5-,7-,8-,9?/m1/s1. The van der Waals surface area contributed by atoms with E-state index < -0.39 is 12.4 Å². The summed E-state index contributed by atoms with van der Waals surface area (Å²) in [6, 6.07) is 0. The van der Waals surface area contributed by atoms with E-state index in [1.54, 1.807) is 6.92 Å². The molecule has 0 spiro atoms. The third-order valence-electron chi connectivity index (χ3n) is 2.28. The molecule has 4 atom stereocenters. The lowest BCUT2D eigenvalue weighted by Crippen LogP contribution is -2.48. The number of ether oxygens (including phenoxy) is 3. The zero-order chi connectivity index (χ0) is 10.7. The van der Waals surface area contributed by atoms with Crippen molar-refractivity contribution in [2.75, 3.05) is 7.11 Å². The van der Waals surface area contributed by atoms with Crippen LogP contribution in [0.2, 0.25) is 0 Å². The molecule has 1 aliphatic rings. The van der Waals surface area contributed by atoms with Gasteiger partial charge in [-0.1, -0.05) is 0 Å². The van der Waals surface area contributed by atoms with Crippen LogP contribution in [-0.4, -0.2) is 42.8 Å². The van der Waals surface area contributed by atoms with Crippen LogP contribution in [0.5, 0.6) is 0 Å². The second-order valence-corrected chi connectivity index (χ2v) is 3.39. The molecule has 5 heteroatoms. The number of carbonyl (C=O) groups is 1. The SMILES string of the molecule is CO[C@@H]1C[C@@H](OC(C)=O)[C@@H](C)OC1O. The summed E-state index contributed by atoms with van der Waals surface area (Å²) in [6.07, 6.45) is -1.57. The fraction of sp³-hybridized carbons (Fsp3) is 0.889. The molecule has 1 unspecified atom stereocenters. The normalized spacial score (nSPS) is 38.0. The van der Waals surface area contributed by atoms with Gasteiger partial charge in [0.2, 0.25) is 0 Å². The largest absolute Gasteiger partial charge is 0.460 e. The van der Waals surface area contributed by atoms with Gasteiger partial charge in [-0.2, -0.15) is 0 Å². The van der Waals surface area contributed by atoms with Crippen LogP contribution in [0.3, 0.4) is 0 Å². The molecular weight excluding hydrogens is 188 g/mol. The van der Waals surface area contributed by atoms with Gasteiger partial charge in [-0.3, -0.25) is 4.79 Å². The Morgan fingerprint density at radius 3 is 2.64 bits per heavy atom. The lowest BCUT2D eigenvalue weighted by molar-refractivity contribution is -0.251. The van der Waals surface area contributed by atoms with E-state index in [1.807, 2.05) is 0 Å². The summed E-state index contributed by atoms with van der Waals surface area (Å²) >= 11 is 0. The molecule has 82 valence electrons. The molecule has 0 bridgehead atoms. The Bertz CT molecular complexity index is 205. The predicted molar refractivity (Wildman–Crippen MR) is 47.5 cm³/mol. The topological polar surface area (TPSA) is 65.0 Å². The van der Waals surface area contributed by atoms with Gasteiger partial charge in [-0.15, -0.1) is 0 Å². The lowest BCUT2D eigenvalue weighted by atomic mass is 10.0. The highest BCUT2D eigenvalue weighted by molar-refractivity contribution is 5.66. The Morgan fingerprint density at radius 2 is 2.14 bits per heavy atom. The first-order chi connectivity index (χ1) is 6.54. The van der Waals surface area contributed by atoms with Gasteiger partial charge in [0.25, 0.3) is 0 Å². The second-order valence-electron chi connectivity index (χ2n) is 3.39. The average Bonchev–Trinajstić information content (AvgIpc) is 2.09. The molecule has 1 heterocycles. The van der Waals surface area contributed by atoms with Crippen molar-refractivity contribution in [3.63, 3.8) is 0 Å². The van der Waals surface area contributed by atoms with E-state index >= 15 is 0 Å². The summed E-state index contributed by atoms with van der Waals surface area (Å²) in [7, 11) is 1.48.